The third kappa shape index (κ3) is 6.22. The largest absolute Gasteiger partial charge is 0.332 e. The Balaban J connectivity index is 1.58. The second kappa shape index (κ2) is 9.78. The summed E-state index contributed by atoms with van der Waals surface area (Å²) in [5.41, 5.74) is 2.35. The number of halogens is 1. The van der Waals surface area contributed by atoms with Crippen LogP contribution >= 0.6 is 35.2 Å². The Morgan fingerprint density at radius 1 is 1.10 bits per heavy atom. The van der Waals surface area contributed by atoms with Gasteiger partial charge in [0.2, 0.25) is 11.8 Å². The number of thiocarbonyl (C=S) groups is 1. The van der Waals surface area contributed by atoms with Gasteiger partial charge in [0.25, 0.3) is 0 Å². The van der Waals surface area contributed by atoms with Crippen LogP contribution in [0.25, 0.3) is 10.2 Å². The van der Waals surface area contributed by atoms with Gasteiger partial charge in [-0.1, -0.05) is 42.0 Å². The monoisotopic (exact) mass is 446 g/mol. The molecule has 0 aliphatic heterocycles. The fraction of sp³-hybridized carbons (Fsp3) is 0.200. The third-order valence-corrected chi connectivity index (χ3v) is 5.29. The van der Waals surface area contributed by atoms with Crippen molar-refractivity contribution in [2.45, 2.75) is 26.2 Å². The lowest BCUT2D eigenvalue weighted by atomic mass is 10.1. The second-order valence-corrected chi connectivity index (χ2v) is 8.18. The van der Waals surface area contributed by atoms with Crippen molar-refractivity contribution >= 4 is 73.1 Å². The van der Waals surface area contributed by atoms with E-state index in [9.17, 15) is 9.59 Å². The summed E-state index contributed by atoms with van der Waals surface area (Å²) in [5, 5.41) is 9.87. The zero-order chi connectivity index (χ0) is 20.8. The Morgan fingerprint density at radius 2 is 1.86 bits per heavy atom. The highest BCUT2D eigenvalue weighted by Gasteiger charge is 2.10. The standard InChI is InChI=1S/C20H19ClN4O2S2/c1-2-3-17(26)25-20-23-15-9-8-14(11-16(15)29-20)22-19(28)24-18(27)10-12-4-6-13(21)7-5-12/h4-9,11H,2-3,10H2,1H3,(H,23,25,26)(H2,22,24,27,28). The topological polar surface area (TPSA) is 83.1 Å². The van der Waals surface area contributed by atoms with Gasteiger partial charge in [0.05, 0.1) is 16.6 Å². The number of thiazole rings is 1. The molecule has 150 valence electrons. The molecule has 0 saturated heterocycles. The van der Waals surface area contributed by atoms with Crippen molar-refractivity contribution < 1.29 is 9.59 Å². The van der Waals surface area contributed by atoms with E-state index in [0.29, 0.717) is 16.6 Å². The summed E-state index contributed by atoms with van der Waals surface area (Å²) in [5.74, 6) is -0.265. The minimum atomic E-state index is -0.218. The van der Waals surface area contributed by atoms with E-state index in [1.165, 1.54) is 11.3 Å². The molecule has 0 radical (unpaired) electrons. The Hall–Kier alpha value is -2.55. The summed E-state index contributed by atoms with van der Waals surface area (Å²) < 4.78 is 0.900. The van der Waals surface area contributed by atoms with E-state index in [1.807, 2.05) is 25.1 Å². The summed E-state index contributed by atoms with van der Waals surface area (Å²) in [4.78, 5) is 28.3. The molecule has 6 nitrogen and oxygen atoms in total. The number of carbonyl (C=O) groups is 2. The average Bonchev–Trinajstić information content (AvgIpc) is 3.05. The number of nitrogens with one attached hydrogen (secondary N) is 3. The first-order valence-corrected chi connectivity index (χ1v) is 10.6. The Morgan fingerprint density at radius 3 is 2.59 bits per heavy atom. The smallest absolute Gasteiger partial charge is 0.230 e. The van der Waals surface area contributed by atoms with E-state index in [4.69, 9.17) is 23.8 Å². The van der Waals surface area contributed by atoms with E-state index < -0.39 is 0 Å². The molecule has 29 heavy (non-hydrogen) atoms. The maximum Gasteiger partial charge on any atom is 0.230 e. The maximum atomic E-state index is 12.1. The average molecular weight is 447 g/mol. The van der Waals surface area contributed by atoms with Gasteiger partial charge < -0.3 is 16.0 Å². The lowest BCUT2D eigenvalue weighted by Gasteiger charge is -2.09. The molecule has 0 spiro atoms. The van der Waals surface area contributed by atoms with Crippen molar-refractivity contribution in [1.82, 2.24) is 10.3 Å². The van der Waals surface area contributed by atoms with Crippen LogP contribution < -0.4 is 16.0 Å². The van der Waals surface area contributed by atoms with Crippen molar-refractivity contribution in [3.05, 3.63) is 53.1 Å². The summed E-state index contributed by atoms with van der Waals surface area (Å²) in [6.07, 6.45) is 1.45. The number of aromatic nitrogens is 1. The molecule has 3 N–H and O–H groups in total. The molecule has 0 bridgehead atoms. The van der Waals surface area contributed by atoms with Gasteiger partial charge >= 0.3 is 0 Å². The molecule has 0 unspecified atom stereocenters. The molecule has 2 aromatic carbocycles. The second-order valence-electron chi connectivity index (χ2n) is 6.31. The van der Waals surface area contributed by atoms with E-state index in [2.05, 4.69) is 20.9 Å². The third-order valence-electron chi connectivity index (χ3n) is 3.90. The van der Waals surface area contributed by atoms with E-state index in [1.54, 1.807) is 24.3 Å². The van der Waals surface area contributed by atoms with E-state index >= 15 is 0 Å². The zero-order valence-electron chi connectivity index (χ0n) is 15.6. The maximum absolute atomic E-state index is 12.1. The number of benzene rings is 2. The van der Waals surface area contributed by atoms with Crippen LogP contribution in [-0.4, -0.2) is 21.9 Å². The van der Waals surface area contributed by atoms with Crippen LogP contribution in [0.1, 0.15) is 25.3 Å². The first-order valence-electron chi connectivity index (χ1n) is 8.98. The molecular formula is C20H19ClN4O2S2. The van der Waals surface area contributed by atoms with Crippen LogP contribution in [0, 0.1) is 0 Å². The molecule has 3 aromatic rings. The number of carbonyl (C=O) groups excluding carboxylic acids is 2. The number of hydrogen-bond acceptors (Lipinski definition) is 5. The predicted octanol–water partition coefficient (Wildman–Crippen LogP) is 4.74. The summed E-state index contributed by atoms with van der Waals surface area (Å²) in [7, 11) is 0. The number of rotatable bonds is 6. The summed E-state index contributed by atoms with van der Waals surface area (Å²) >= 11 is 12.5. The number of anilines is 2. The minimum Gasteiger partial charge on any atom is -0.332 e. The van der Waals surface area contributed by atoms with Crippen LogP contribution in [-0.2, 0) is 16.0 Å². The quantitative estimate of drug-likeness (QED) is 0.476. The van der Waals surface area contributed by atoms with Gasteiger partial charge in [0.1, 0.15) is 0 Å². The number of hydrogen-bond donors (Lipinski definition) is 3. The van der Waals surface area contributed by atoms with Crippen LogP contribution in [0.5, 0.6) is 0 Å². The predicted molar refractivity (Wildman–Crippen MR) is 123 cm³/mol. The van der Waals surface area contributed by atoms with Crippen molar-refractivity contribution in [1.29, 1.82) is 0 Å². The van der Waals surface area contributed by atoms with E-state index in [0.717, 1.165) is 27.9 Å². The fourth-order valence-corrected chi connectivity index (χ4v) is 3.86. The molecular weight excluding hydrogens is 428 g/mol. The van der Waals surface area contributed by atoms with Crippen LogP contribution in [0.2, 0.25) is 5.02 Å². The molecule has 0 aliphatic carbocycles. The Bertz CT molecular complexity index is 1050. The van der Waals surface area contributed by atoms with Gasteiger partial charge in [-0.05, 0) is 54.5 Å². The van der Waals surface area contributed by atoms with Gasteiger partial charge in [-0.15, -0.1) is 0 Å². The number of fused-ring (bicyclic) bond motifs is 1. The molecule has 0 aliphatic rings. The molecule has 9 heteroatoms. The molecule has 0 fully saturated rings. The van der Waals surface area contributed by atoms with Gasteiger partial charge in [0.15, 0.2) is 10.2 Å². The van der Waals surface area contributed by atoms with Crippen LogP contribution in [0.4, 0.5) is 10.8 Å². The fourth-order valence-electron chi connectivity index (χ4n) is 2.59. The molecule has 0 saturated carbocycles. The van der Waals surface area contributed by atoms with Crippen LogP contribution in [0.15, 0.2) is 42.5 Å². The Kier molecular flexibility index (Phi) is 7.13. The molecule has 3 rings (SSSR count). The number of amides is 2. The summed E-state index contributed by atoms with van der Waals surface area (Å²) in [6.45, 7) is 1.95. The lowest BCUT2D eigenvalue weighted by Crippen LogP contribution is -2.35. The molecule has 1 aromatic heterocycles. The van der Waals surface area contributed by atoms with Crippen molar-refractivity contribution in [2.75, 3.05) is 10.6 Å². The first kappa shape index (κ1) is 21.2. The van der Waals surface area contributed by atoms with E-state index in [-0.39, 0.29) is 23.3 Å². The molecule has 0 atom stereocenters. The van der Waals surface area contributed by atoms with Crippen molar-refractivity contribution in [3.63, 3.8) is 0 Å². The number of nitrogens with zero attached hydrogens (tertiary/aromatic N) is 1. The Labute approximate surface area is 182 Å². The minimum absolute atomic E-state index is 0.0468. The highest BCUT2D eigenvalue weighted by atomic mass is 35.5. The normalized spacial score (nSPS) is 10.6. The summed E-state index contributed by atoms with van der Waals surface area (Å²) in [6, 6.07) is 12.6. The van der Waals surface area contributed by atoms with Gasteiger partial charge in [-0.25, -0.2) is 4.98 Å². The van der Waals surface area contributed by atoms with Crippen molar-refractivity contribution in [2.24, 2.45) is 0 Å². The zero-order valence-corrected chi connectivity index (χ0v) is 18.0. The first-order chi connectivity index (χ1) is 13.9. The van der Waals surface area contributed by atoms with Gasteiger partial charge in [-0.2, -0.15) is 0 Å². The van der Waals surface area contributed by atoms with Gasteiger partial charge in [-0.3, -0.25) is 9.59 Å². The molecule has 1 heterocycles. The van der Waals surface area contributed by atoms with Gasteiger partial charge in [0, 0.05) is 17.1 Å². The lowest BCUT2D eigenvalue weighted by molar-refractivity contribution is -0.119. The highest BCUT2D eigenvalue weighted by molar-refractivity contribution is 7.80. The SMILES string of the molecule is CCCC(=O)Nc1nc2ccc(NC(=S)NC(=O)Cc3ccc(Cl)cc3)cc2s1. The van der Waals surface area contributed by atoms with Crippen LogP contribution in [0.3, 0.4) is 0 Å². The molecule has 2 amide bonds. The highest BCUT2D eigenvalue weighted by Crippen LogP contribution is 2.28. The van der Waals surface area contributed by atoms with Crippen molar-refractivity contribution in [3.8, 4) is 0 Å².